The molecular weight excluding hydrogens is 356 g/mol. The van der Waals surface area contributed by atoms with Gasteiger partial charge in [-0.1, -0.05) is 32.0 Å². The third-order valence-electron chi connectivity index (χ3n) is 4.46. The van der Waals surface area contributed by atoms with Gasteiger partial charge in [0.1, 0.15) is 5.82 Å². The van der Waals surface area contributed by atoms with Gasteiger partial charge in [-0.15, -0.1) is 0 Å². The minimum absolute atomic E-state index is 0.527. The number of benzene rings is 1. The Bertz CT molecular complexity index is 756. The number of rotatable bonds is 5. The van der Waals surface area contributed by atoms with Crippen molar-refractivity contribution in [2.24, 2.45) is 5.92 Å². The summed E-state index contributed by atoms with van der Waals surface area (Å²) in [4.78, 5) is 13.9. The second-order valence-corrected chi connectivity index (χ2v) is 7.64. The molecule has 0 amide bonds. The Hall–Kier alpha value is -2.41. The minimum atomic E-state index is 0.527. The molecule has 1 aromatic heterocycles. The normalized spacial score (nSPS) is 14.4. The lowest BCUT2D eigenvalue weighted by atomic mass is 10.2. The second kappa shape index (κ2) is 8.99. The Morgan fingerprint density at radius 3 is 2.41 bits per heavy atom. The zero-order chi connectivity index (χ0) is 19.2. The summed E-state index contributed by atoms with van der Waals surface area (Å²) in [7, 11) is 0. The number of piperazine rings is 1. The molecule has 0 radical (unpaired) electrons. The molecule has 144 valence electrons. The molecule has 1 aromatic carbocycles. The fraction of sp³-hybridized carbons (Fsp3) is 0.450. The second-order valence-electron chi connectivity index (χ2n) is 7.23. The molecule has 0 saturated carbocycles. The molecule has 2 aromatic rings. The lowest BCUT2D eigenvalue weighted by Crippen LogP contribution is -2.47. The van der Waals surface area contributed by atoms with Crippen molar-refractivity contribution in [1.29, 1.82) is 0 Å². The molecule has 1 fully saturated rings. The fourth-order valence-electron chi connectivity index (χ4n) is 3.04. The maximum atomic E-state index is 5.34. The lowest BCUT2D eigenvalue weighted by Gasteiger charge is -2.36. The number of nitrogens with zero attached hydrogens (tertiary/aromatic N) is 4. The summed E-state index contributed by atoms with van der Waals surface area (Å²) in [5, 5.41) is 6.87. The van der Waals surface area contributed by atoms with Gasteiger partial charge in [0.15, 0.2) is 5.11 Å². The number of hydrogen-bond acceptors (Lipinski definition) is 5. The van der Waals surface area contributed by atoms with Crippen molar-refractivity contribution in [3.63, 3.8) is 0 Å². The first-order valence-corrected chi connectivity index (χ1v) is 9.87. The van der Waals surface area contributed by atoms with Crippen LogP contribution in [0.2, 0.25) is 0 Å². The maximum Gasteiger partial charge on any atom is 0.231 e. The van der Waals surface area contributed by atoms with Crippen LogP contribution in [-0.4, -0.2) is 47.8 Å². The number of aryl methyl sites for hydroxylation is 1. The predicted octanol–water partition coefficient (Wildman–Crippen LogP) is 3.05. The highest BCUT2D eigenvalue weighted by molar-refractivity contribution is 7.80. The molecule has 3 rings (SSSR count). The molecule has 1 saturated heterocycles. The highest BCUT2D eigenvalue weighted by atomic mass is 32.1. The number of hydrogen-bond donors (Lipinski definition) is 2. The molecule has 1 aliphatic rings. The standard InChI is InChI=1S/C20H28N6S/c1-15(2)14-21-20(27)24-19-22-16(3)13-18(23-19)26-11-9-25(10-12-26)17-7-5-4-6-8-17/h4-8,13,15H,9-12,14H2,1-3H3,(H2,21,22,23,24,27). The van der Waals surface area contributed by atoms with Gasteiger partial charge in [0.25, 0.3) is 0 Å². The van der Waals surface area contributed by atoms with E-state index >= 15 is 0 Å². The van der Waals surface area contributed by atoms with Crippen molar-refractivity contribution in [1.82, 2.24) is 15.3 Å². The van der Waals surface area contributed by atoms with Gasteiger partial charge in [-0.2, -0.15) is 4.98 Å². The van der Waals surface area contributed by atoms with Crippen LogP contribution >= 0.6 is 12.2 Å². The Labute approximate surface area is 167 Å². The number of thiocarbonyl (C=S) groups is 1. The Balaban J connectivity index is 1.62. The largest absolute Gasteiger partial charge is 0.368 e. The van der Waals surface area contributed by atoms with Crippen LogP contribution in [0.4, 0.5) is 17.5 Å². The molecule has 0 unspecified atom stereocenters. The van der Waals surface area contributed by atoms with E-state index in [2.05, 4.69) is 74.6 Å². The molecule has 0 spiro atoms. The van der Waals surface area contributed by atoms with Crippen LogP contribution in [0.25, 0.3) is 0 Å². The zero-order valence-corrected chi connectivity index (χ0v) is 17.1. The smallest absolute Gasteiger partial charge is 0.231 e. The third kappa shape index (κ3) is 5.53. The highest BCUT2D eigenvalue weighted by Gasteiger charge is 2.19. The monoisotopic (exact) mass is 384 g/mol. The minimum Gasteiger partial charge on any atom is -0.368 e. The number of aromatic nitrogens is 2. The van der Waals surface area contributed by atoms with Gasteiger partial charge >= 0.3 is 0 Å². The molecule has 2 N–H and O–H groups in total. The first kappa shape index (κ1) is 19.4. The van der Waals surface area contributed by atoms with Gasteiger partial charge in [0.2, 0.25) is 5.95 Å². The highest BCUT2D eigenvalue weighted by Crippen LogP contribution is 2.20. The van der Waals surface area contributed by atoms with E-state index in [-0.39, 0.29) is 0 Å². The van der Waals surface area contributed by atoms with Crippen LogP contribution in [-0.2, 0) is 0 Å². The van der Waals surface area contributed by atoms with E-state index in [1.54, 1.807) is 0 Å². The summed E-state index contributed by atoms with van der Waals surface area (Å²) in [6, 6.07) is 12.6. The fourth-order valence-corrected chi connectivity index (χ4v) is 3.22. The zero-order valence-electron chi connectivity index (χ0n) is 16.3. The van der Waals surface area contributed by atoms with Gasteiger partial charge in [-0.25, -0.2) is 4.98 Å². The van der Waals surface area contributed by atoms with Crippen LogP contribution in [0.15, 0.2) is 36.4 Å². The quantitative estimate of drug-likeness (QED) is 0.769. The first-order chi connectivity index (χ1) is 13.0. The Morgan fingerprint density at radius 2 is 1.74 bits per heavy atom. The summed E-state index contributed by atoms with van der Waals surface area (Å²) in [5.74, 6) is 2.03. The third-order valence-corrected chi connectivity index (χ3v) is 4.71. The van der Waals surface area contributed by atoms with Crippen molar-refractivity contribution in [2.75, 3.05) is 47.8 Å². The van der Waals surface area contributed by atoms with E-state index in [0.29, 0.717) is 17.0 Å². The van der Waals surface area contributed by atoms with Crippen LogP contribution in [0, 0.1) is 12.8 Å². The molecule has 0 aliphatic carbocycles. The molecule has 2 heterocycles. The summed E-state index contributed by atoms with van der Waals surface area (Å²) < 4.78 is 0. The topological polar surface area (TPSA) is 56.3 Å². The van der Waals surface area contributed by atoms with Crippen LogP contribution in [0.5, 0.6) is 0 Å². The molecular formula is C20H28N6S. The number of anilines is 3. The van der Waals surface area contributed by atoms with Gasteiger partial charge in [-0.3, -0.25) is 0 Å². The Morgan fingerprint density at radius 1 is 1.07 bits per heavy atom. The summed E-state index contributed by atoms with van der Waals surface area (Å²) in [6.07, 6.45) is 0. The first-order valence-electron chi connectivity index (χ1n) is 9.47. The molecule has 0 atom stereocenters. The van der Waals surface area contributed by atoms with E-state index in [4.69, 9.17) is 12.2 Å². The average molecular weight is 385 g/mol. The van der Waals surface area contributed by atoms with E-state index in [1.165, 1.54) is 5.69 Å². The van der Waals surface area contributed by atoms with Crippen molar-refractivity contribution in [2.45, 2.75) is 20.8 Å². The molecule has 1 aliphatic heterocycles. The van der Waals surface area contributed by atoms with Gasteiger partial charge < -0.3 is 20.4 Å². The lowest BCUT2D eigenvalue weighted by molar-refractivity contribution is 0.627. The van der Waals surface area contributed by atoms with Crippen molar-refractivity contribution < 1.29 is 0 Å². The number of nitrogens with one attached hydrogen (secondary N) is 2. The molecule has 0 bridgehead atoms. The van der Waals surface area contributed by atoms with Crippen LogP contribution in [0.3, 0.4) is 0 Å². The van der Waals surface area contributed by atoms with Crippen LogP contribution < -0.4 is 20.4 Å². The van der Waals surface area contributed by atoms with Crippen molar-refractivity contribution >= 4 is 34.8 Å². The number of para-hydroxylation sites is 1. The van der Waals surface area contributed by atoms with Gasteiger partial charge in [-0.05, 0) is 37.2 Å². The van der Waals surface area contributed by atoms with E-state index in [0.717, 1.165) is 44.2 Å². The molecule has 7 heteroatoms. The molecule has 27 heavy (non-hydrogen) atoms. The summed E-state index contributed by atoms with van der Waals surface area (Å²) in [6.45, 7) is 10.9. The van der Waals surface area contributed by atoms with Gasteiger partial charge in [0, 0.05) is 50.2 Å². The average Bonchev–Trinajstić information content (AvgIpc) is 2.67. The van der Waals surface area contributed by atoms with Crippen molar-refractivity contribution in [3.05, 3.63) is 42.1 Å². The SMILES string of the molecule is Cc1cc(N2CCN(c3ccccc3)CC2)nc(NC(=S)NCC(C)C)n1. The van der Waals surface area contributed by atoms with E-state index in [1.807, 2.05) is 13.0 Å². The molecule has 6 nitrogen and oxygen atoms in total. The van der Waals surface area contributed by atoms with Gasteiger partial charge in [0.05, 0.1) is 0 Å². The van der Waals surface area contributed by atoms with Crippen molar-refractivity contribution in [3.8, 4) is 0 Å². The van der Waals surface area contributed by atoms with E-state index < -0.39 is 0 Å². The Kier molecular flexibility index (Phi) is 6.45. The van der Waals surface area contributed by atoms with Crippen LogP contribution in [0.1, 0.15) is 19.5 Å². The maximum absolute atomic E-state index is 5.34. The predicted molar refractivity (Wildman–Crippen MR) is 117 cm³/mol. The van der Waals surface area contributed by atoms with E-state index in [9.17, 15) is 0 Å². The summed E-state index contributed by atoms with van der Waals surface area (Å²) >= 11 is 5.34. The summed E-state index contributed by atoms with van der Waals surface area (Å²) in [5.41, 5.74) is 2.21.